The van der Waals surface area contributed by atoms with Crippen LogP contribution >= 0.6 is 27.5 Å². The van der Waals surface area contributed by atoms with Gasteiger partial charge in [0.15, 0.2) is 0 Å². The number of aryl methyl sites for hydroxylation is 1. The van der Waals surface area contributed by atoms with Crippen molar-refractivity contribution in [1.82, 2.24) is 4.98 Å². The fourth-order valence-corrected chi connectivity index (χ4v) is 1.11. The summed E-state index contributed by atoms with van der Waals surface area (Å²) in [5.41, 5.74) is 1.14. The first-order chi connectivity index (χ1) is 6.09. The number of aromatic nitrogens is 1. The normalized spacial score (nSPS) is 9.77. The lowest BCUT2D eigenvalue weighted by Crippen LogP contribution is -2.02. The SMILES string of the molecule is C=C(Cl)CNc1cc(C)c(Br)cn1. The second-order valence-corrected chi connectivity index (χ2v) is 4.08. The smallest absolute Gasteiger partial charge is 0.126 e. The quantitative estimate of drug-likeness (QED) is 0.903. The van der Waals surface area contributed by atoms with Crippen molar-refractivity contribution in [2.45, 2.75) is 6.92 Å². The minimum atomic E-state index is 0.537. The van der Waals surface area contributed by atoms with Crippen molar-refractivity contribution >= 4 is 33.3 Å². The van der Waals surface area contributed by atoms with Crippen molar-refractivity contribution < 1.29 is 0 Å². The predicted octanol–water partition coefficient (Wildman–Crippen LogP) is 3.32. The van der Waals surface area contributed by atoms with Crippen LogP contribution in [0.5, 0.6) is 0 Å². The zero-order valence-corrected chi connectivity index (χ0v) is 9.61. The molecule has 0 atom stereocenters. The first kappa shape index (κ1) is 10.5. The van der Waals surface area contributed by atoms with Crippen LogP contribution in [0.3, 0.4) is 0 Å². The van der Waals surface area contributed by atoms with Crippen LogP contribution in [0.15, 0.2) is 28.3 Å². The molecule has 1 rings (SSSR count). The van der Waals surface area contributed by atoms with Gasteiger partial charge in [0.1, 0.15) is 5.82 Å². The molecular formula is C9H10BrClN2. The van der Waals surface area contributed by atoms with Gasteiger partial charge in [-0.25, -0.2) is 4.98 Å². The predicted molar refractivity (Wildman–Crippen MR) is 60.2 cm³/mol. The Kier molecular flexibility index (Phi) is 3.75. The van der Waals surface area contributed by atoms with E-state index in [2.05, 4.69) is 32.8 Å². The summed E-state index contributed by atoms with van der Waals surface area (Å²) >= 11 is 8.98. The summed E-state index contributed by atoms with van der Waals surface area (Å²) in [5.74, 6) is 0.808. The number of nitrogens with one attached hydrogen (secondary N) is 1. The maximum Gasteiger partial charge on any atom is 0.126 e. The van der Waals surface area contributed by atoms with Crippen LogP contribution in [0.2, 0.25) is 0 Å². The van der Waals surface area contributed by atoms with Crippen LogP contribution in [0.25, 0.3) is 0 Å². The second-order valence-electron chi connectivity index (χ2n) is 2.69. The number of hydrogen-bond donors (Lipinski definition) is 1. The largest absolute Gasteiger partial charge is 0.365 e. The van der Waals surface area contributed by atoms with Crippen molar-refractivity contribution in [3.8, 4) is 0 Å². The van der Waals surface area contributed by atoms with Gasteiger partial charge >= 0.3 is 0 Å². The Labute approximate surface area is 91.1 Å². The van der Waals surface area contributed by atoms with Gasteiger partial charge in [0.2, 0.25) is 0 Å². The van der Waals surface area contributed by atoms with Gasteiger partial charge in [0.25, 0.3) is 0 Å². The minimum Gasteiger partial charge on any atom is -0.365 e. The molecule has 0 aromatic carbocycles. The lowest BCUT2D eigenvalue weighted by atomic mass is 10.3. The standard InChI is InChI=1S/C9H10BrClN2/c1-6-3-9(12-4-7(2)11)13-5-8(6)10/h3,5H,2,4H2,1H3,(H,12,13). The summed E-state index contributed by atoms with van der Waals surface area (Å²) in [6.45, 7) is 6.12. The molecular weight excluding hydrogens is 251 g/mol. The Morgan fingerprint density at radius 1 is 1.77 bits per heavy atom. The van der Waals surface area contributed by atoms with E-state index in [4.69, 9.17) is 11.6 Å². The fourth-order valence-electron chi connectivity index (χ4n) is 0.822. The first-order valence-electron chi connectivity index (χ1n) is 3.79. The highest BCUT2D eigenvalue weighted by Crippen LogP contribution is 2.17. The van der Waals surface area contributed by atoms with Crippen LogP contribution < -0.4 is 5.32 Å². The van der Waals surface area contributed by atoms with Crippen LogP contribution in [-0.4, -0.2) is 11.5 Å². The molecule has 0 fully saturated rings. The highest BCUT2D eigenvalue weighted by molar-refractivity contribution is 9.10. The highest BCUT2D eigenvalue weighted by Gasteiger charge is 1.97. The Morgan fingerprint density at radius 3 is 3.00 bits per heavy atom. The summed E-state index contributed by atoms with van der Waals surface area (Å²) in [7, 11) is 0. The molecule has 1 aromatic rings. The third-order valence-electron chi connectivity index (χ3n) is 1.51. The van der Waals surface area contributed by atoms with Crippen LogP contribution in [0, 0.1) is 6.92 Å². The number of anilines is 1. The van der Waals surface area contributed by atoms with E-state index in [1.54, 1.807) is 6.20 Å². The molecule has 1 aromatic heterocycles. The molecule has 13 heavy (non-hydrogen) atoms. The third-order valence-corrected chi connectivity index (χ3v) is 2.47. The van der Waals surface area contributed by atoms with Crippen molar-refractivity contribution in [3.63, 3.8) is 0 Å². The molecule has 0 aliphatic rings. The van der Waals surface area contributed by atoms with E-state index in [1.807, 2.05) is 13.0 Å². The van der Waals surface area contributed by atoms with Gasteiger partial charge < -0.3 is 5.32 Å². The summed E-state index contributed by atoms with van der Waals surface area (Å²) in [6.07, 6.45) is 1.76. The van der Waals surface area contributed by atoms with E-state index >= 15 is 0 Å². The van der Waals surface area contributed by atoms with Crippen LogP contribution in [-0.2, 0) is 0 Å². The lowest BCUT2D eigenvalue weighted by molar-refractivity contribution is 1.19. The van der Waals surface area contributed by atoms with Gasteiger partial charge in [-0.05, 0) is 34.5 Å². The molecule has 70 valence electrons. The molecule has 0 aliphatic carbocycles. The van der Waals surface area contributed by atoms with E-state index < -0.39 is 0 Å². The molecule has 0 saturated carbocycles. The monoisotopic (exact) mass is 260 g/mol. The summed E-state index contributed by atoms with van der Waals surface area (Å²) in [5, 5.41) is 3.62. The topological polar surface area (TPSA) is 24.9 Å². The highest BCUT2D eigenvalue weighted by atomic mass is 79.9. The van der Waals surface area contributed by atoms with Crippen LogP contribution in [0.1, 0.15) is 5.56 Å². The van der Waals surface area contributed by atoms with Crippen molar-refractivity contribution in [2.24, 2.45) is 0 Å². The summed E-state index contributed by atoms with van der Waals surface area (Å²) < 4.78 is 1.00. The molecule has 1 heterocycles. The molecule has 0 unspecified atom stereocenters. The Hall–Kier alpha value is -0.540. The van der Waals surface area contributed by atoms with Crippen LogP contribution in [0.4, 0.5) is 5.82 Å². The Bertz CT molecular complexity index is 325. The number of halogens is 2. The Balaban J connectivity index is 2.68. The summed E-state index contributed by atoms with van der Waals surface area (Å²) in [6, 6.07) is 1.95. The van der Waals surface area contributed by atoms with Gasteiger partial charge in [0.05, 0.1) is 6.54 Å². The van der Waals surface area contributed by atoms with E-state index in [1.165, 1.54) is 0 Å². The van der Waals surface area contributed by atoms with Crippen molar-refractivity contribution in [3.05, 3.63) is 33.9 Å². The molecule has 0 aliphatic heterocycles. The van der Waals surface area contributed by atoms with E-state index in [0.29, 0.717) is 11.6 Å². The summed E-state index contributed by atoms with van der Waals surface area (Å²) in [4.78, 5) is 4.15. The third kappa shape index (κ3) is 3.36. The molecule has 0 saturated heterocycles. The minimum absolute atomic E-state index is 0.537. The number of pyridine rings is 1. The number of rotatable bonds is 3. The average Bonchev–Trinajstić information content (AvgIpc) is 2.07. The molecule has 4 heteroatoms. The molecule has 1 N–H and O–H groups in total. The van der Waals surface area contributed by atoms with E-state index in [0.717, 1.165) is 15.9 Å². The average molecular weight is 262 g/mol. The fraction of sp³-hybridized carbons (Fsp3) is 0.222. The molecule has 0 spiro atoms. The van der Waals surface area contributed by atoms with Gasteiger partial charge in [-0.1, -0.05) is 18.2 Å². The van der Waals surface area contributed by atoms with Gasteiger partial charge in [-0.2, -0.15) is 0 Å². The number of nitrogens with zero attached hydrogens (tertiary/aromatic N) is 1. The maximum absolute atomic E-state index is 5.60. The zero-order chi connectivity index (χ0) is 9.84. The molecule has 0 radical (unpaired) electrons. The second kappa shape index (κ2) is 4.63. The Morgan fingerprint density at radius 2 is 2.46 bits per heavy atom. The van der Waals surface area contributed by atoms with Gasteiger partial charge in [0, 0.05) is 15.7 Å². The van der Waals surface area contributed by atoms with Crippen molar-refractivity contribution in [2.75, 3.05) is 11.9 Å². The zero-order valence-electron chi connectivity index (χ0n) is 7.27. The van der Waals surface area contributed by atoms with E-state index in [-0.39, 0.29) is 0 Å². The van der Waals surface area contributed by atoms with Crippen molar-refractivity contribution in [1.29, 1.82) is 0 Å². The van der Waals surface area contributed by atoms with Gasteiger partial charge in [-0.3, -0.25) is 0 Å². The maximum atomic E-state index is 5.60. The molecule has 2 nitrogen and oxygen atoms in total. The molecule has 0 bridgehead atoms. The van der Waals surface area contributed by atoms with E-state index in [9.17, 15) is 0 Å². The first-order valence-corrected chi connectivity index (χ1v) is 4.96. The number of hydrogen-bond acceptors (Lipinski definition) is 2. The lowest BCUT2D eigenvalue weighted by Gasteiger charge is -2.05. The molecule has 0 amide bonds. The van der Waals surface area contributed by atoms with Gasteiger partial charge in [-0.15, -0.1) is 0 Å².